The summed E-state index contributed by atoms with van der Waals surface area (Å²) < 4.78 is 29.4. The Morgan fingerprint density at radius 3 is 2.38 bits per heavy atom. The molecule has 0 spiro atoms. The van der Waals surface area contributed by atoms with Gasteiger partial charge in [-0.15, -0.1) is 12.4 Å². The van der Waals surface area contributed by atoms with Crippen molar-refractivity contribution in [2.24, 2.45) is 0 Å². The summed E-state index contributed by atoms with van der Waals surface area (Å²) in [6.07, 6.45) is 0.689. The molecule has 0 fully saturated rings. The topological polar surface area (TPSA) is 73.8 Å². The highest BCUT2D eigenvalue weighted by atomic mass is 35.5. The van der Waals surface area contributed by atoms with Crippen molar-refractivity contribution in [1.29, 1.82) is 0 Å². The second-order valence-electron chi connectivity index (χ2n) is 9.81. The summed E-state index contributed by atoms with van der Waals surface area (Å²) >= 11 is 1.51. The molecule has 1 aromatic heterocycles. The number of aryl methyl sites for hydroxylation is 2. The minimum atomic E-state index is -3.73. The predicted octanol–water partition coefficient (Wildman–Crippen LogP) is 6.07. The first-order valence-corrected chi connectivity index (χ1v) is 15.6. The number of fused-ring (bicyclic) bond motifs is 2. The zero-order valence-electron chi connectivity index (χ0n) is 23.3. The highest BCUT2D eigenvalue weighted by Crippen LogP contribution is 2.34. The summed E-state index contributed by atoms with van der Waals surface area (Å²) in [5, 5.41) is 0.654. The van der Waals surface area contributed by atoms with Gasteiger partial charge in [-0.2, -0.15) is 0 Å². The Balaban J connectivity index is 0.00000370. The van der Waals surface area contributed by atoms with Gasteiger partial charge >= 0.3 is 0 Å². The summed E-state index contributed by atoms with van der Waals surface area (Å²) in [5.41, 5.74) is 5.38. The van der Waals surface area contributed by atoms with E-state index in [1.54, 1.807) is 17.0 Å². The van der Waals surface area contributed by atoms with Gasteiger partial charge in [-0.3, -0.25) is 14.0 Å². The van der Waals surface area contributed by atoms with Crippen molar-refractivity contribution < 1.29 is 13.2 Å². The number of likely N-dealkylation sites (N-methyl/N-ethyl adjacent to an activating group) is 1. The third-order valence-electron chi connectivity index (χ3n) is 7.62. The van der Waals surface area contributed by atoms with Crippen molar-refractivity contribution >= 4 is 60.7 Å². The van der Waals surface area contributed by atoms with Crippen LogP contribution in [0.4, 0.5) is 10.8 Å². The maximum Gasteiger partial charge on any atom is 0.264 e. The highest BCUT2D eigenvalue weighted by molar-refractivity contribution is 7.92. The molecular weight excluding hydrogens is 564 g/mol. The standard InChI is InChI=1S/C30H34N4O3S2.ClH/c1-5-32(6-2)19-20-33(30-31-28-22(4)21(3)11-16-27(28)38-30)29(35)24-12-14-25(15-13-24)39(36,37)34-18-17-23-9-7-8-10-26(23)34;/h7-16H,5-6,17-20H2,1-4H3;1H. The van der Waals surface area contributed by atoms with Crippen molar-refractivity contribution in [3.05, 3.63) is 82.9 Å². The van der Waals surface area contributed by atoms with Gasteiger partial charge in [0, 0.05) is 25.2 Å². The van der Waals surface area contributed by atoms with Crippen LogP contribution in [-0.4, -0.2) is 56.9 Å². The lowest BCUT2D eigenvalue weighted by atomic mass is 10.1. The molecule has 1 aliphatic rings. The SMILES string of the molecule is CCN(CC)CCN(C(=O)c1ccc(S(=O)(=O)N2CCc3ccccc32)cc1)c1nc2c(C)c(C)ccc2s1.Cl. The lowest BCUT2D eigenvalue weighted by Gasteiger charge is -2.25. The summed E-state index contributed by atoms with van der Waals surface area (Å²) in [6.45, 7) is 11.7. The first-order chi connectivity index (χ1) is 18.7. The van der Waals surface area contributed by atoms with E-state index in [1.807, 2.05) is 24.3 Å². The van der Waals surface area contributed by atoms with Crippen LogP contribution in [0.15, 0.2) is 65.6 Å². The zero-order valence-corrected chi connectivity index (χ0v) is 25.7. The smallest absolute Gasteiger partial charge is 0.264 e. The number of rotatable bonds is 9. The van der Waals surface area contributed by atoms with E-state index in [2.05, 4.69) is 44.7 Å². The number of aromatic nitrogens is 1. The van der Waals surface area contributed by atoms with E-state index in [9.17, 15) is 13.2 Å². The van der Waals surface area contributed by atoms with Crippen molar-refractivity contribution in [1.82, 2.24) is 9.88 Å². The fourth-order valence-electron chi connectivity index (χ4n) is 5.01. The number of nitrogens with zero attached hydrogens (tertiary/aromatic N) is 4. The number of thiazole rings is 1. The Bertz CT molecular complexity index is 1620. The van der Waals surface area contributed by atoms with Crippen molar-refractivity contribution in [3.8, 4) is 0 Å². The first kappa shape index (κ1) is 30.0. The quantitative estimate of drug-likeness (QED) is 0.234. The Kier molecular flexibility index (Phi) is 9.19. The Labute approximate surface area is 246 Å². The Morgan fingerprint density at radius 1 is 0.975 bits per heavy atom. The molecule has 0 aliphatic carbocycles. The number of anilines is 2. The van der Waals surface area contributed by atoms with Crippen molar-refractivity contribution in [3.63, 3.8) is 0 Å². The highest BCUT2D eigenvalue weighted by Gasteiger charge is 2.31. The van der Waals surface area contributed by atoms with E-state index >= 15 is 0 Å². The molecule has 4 aromatic rings. The molecule has 0 radical (unpaired) electrons. The zero-order chi connectivity index (χ0) is 27.7. The van der Waals surface area contributed by atoms with Gasteiger partial charge in [0.1, 0.15) is 0 Å². The fourth-order valence-corrected chi connectivity index (χ4v) is 7.56. The molecule has 0 unspecified atom stereocenters. The lowest BCUT2D eigenvalue weighted by Crippen LogP contribution is -2.39. The number of hydrogen-bond donors (Lipinski definition) is 0. The molecule has 3 aromatic carbocycles. The third-order valence-corrected chi connectivity index (χ3v) is 10.5. The third kappa shape index (κ3) is 5.61. The van der Waals surface area contributed by atoms with Gasteiger partial charge in [0.2, 0.25) is 0 Å². The van der Waals surface area contributed by atoms with Gasteiger partial charge < -0.3 is 4.90 Å². The summed E-state index contributed by atoms with van der Waals surface area (Å²) in [7, 11) is -3.73. The maximum atomic E-state index is 13.9. The molecule has 0 N–H and O–H groups in total. The average Bonchev–Trinajstić information content (AvgIpc) is 3.58. The molecule has 40 heavy (non-hydrogen) atoms. The average molecular weight is 599 g/mol. The van der Waals surface area contributed by atoms with Gasteiger partial charge in [-0.25, -0.2) is 13.4 Å². The number of para-hydroxylation sites is 1. The van der Waals surface area contributed by atoms with Crippen LogP contribution in [0.25, 0.3) is 10.2 Å². The van der Waals surface area contributed by atoms with Crippen LogP contribution >= 0.6 is 23.7 Å². The van der Waals surface area contributed by atoms with E-state index in [1.165, 1.54) is 27.8 Å². The lowest BCUT2D eigenvalue weighted by molar-refractivity contribution is 0.0983. The number of amides is 1. The van der Waals surface area contributed by atoms with Gasteiger partial charge in [0.25, 0.3) is 15.9 Å². The maximum absolute atomic E-state index is 13.9. The van der Waals surface area contributed by atoms with E-state index in [-0.39, 0.29) is 23.2 Å². The summed E-state index contributed by atoms with van der Waals surface area (Å²) in [6, 6.07) is 18.0. The van der Waals surface area contributed by atoms with E-state index in [0.29, 0.717) is 36.8 Å². The normalized spacial score (nSPS) is 13.0. The van der Waals surface area contributed by atoms with Gasteiger partial charge in [-0.05, 0) is 86.4 Å². The van der Waals surface area contributed by atoms with Gasteiger partial charge in [0.15, 0.2) is 5.13 Å². The van der Waals surface area contributed by atoms with Crippen LogP contribution < -0.4 is 9.21 Å². The molecular formula is C30H35ClN4O3S2. The fraction of sp³-hybridized carbons (Fsp3) is 0.333. The Morgan fingerprint density at radius 2 is 1.68 bits per heavy atom. The van der Waals surface area contributed by atoms with Crippen LogP contribution in [0, 0.1) is 13.8 Å². The second kappa shape index (κ2) is 12.3. The van der Waals surface area contributed by atoms with Crippen LogP contribution in [0.1, 0.15) is 40.9 Å². The molecule has 1 amide bonds. The number of halogens is 1. The summed E-state index contributed by atoms with van der Waals surface area (Å²) in [4.78, 5) is 22.9. The van der Waals surface area contributed by atoms with Gasteiger partial charge in [-0.1, -0.05) is 49.4 Å². The largest absolute Gasteiger partial charge is 0.302 e. The second-order valence-corrected chi connectivity index (χ2v) is 12.7. The molecule has 0 saturated carbocycles. The van der Waals surface area contributed by atoms with E-state index in [0.717, 1.165) is 45.7 Å². The minimum absolute atomic E-state index is 0. The molecule has 0 saturated heterocycles. The molecule has 10 heteroatoms. The molecule has 5 rings (SSSR count). The molecule has 212 valence electrons. The molecule has 0 atom stereocenters. The summed E-state index contributed by atoms with van der Waals surface area (Å²) in [5.74, 6) is -0.189. The number of sulfonamides is 1. The van der Waals surface area contributed by atoms with Crippen LogP contribution in [0.3, 0.4) is 0 Å². The number of hydrogen-bond acceptors (Lipinski definition) is 6. The monoisotopic (exact) mass is 598 g/mol. The first-order valence-electron chi connectivity index (χ1n) is 13.4. The van der Waals surface area contributed by atoms with Crippen LogP contribution in [-0.2, 0) is 16.4 Å². The molecule has 7 nitrogen and oxygen atoms in total. The minimum Gasteiger partial charge on any atom is -0.302 e. The predicted molar refractivity (Wildman–Crippen MR) is 167 cm³/mol. The van der Waals surface area contributed by atoms with Crippen molar-refractivity contribution in [2.45, 2.75) is 39.0 Å². The van der Waals surface area contributed by atoms with Crippen molar-refractivity contribution in [2.75, 3.05) is 41.9 Å². The number of carbonyl (C=O) groups excluding carboxylic acids is 1. The molecule has 1 aliphatic heterocycles. The Hall–Kier alpha value is -2.98. The number of benzene rings is 3. The number of carbonyl (C=O) groups is 1. The molecule has 2 heterocycles. The van der Waals surface area contributed by atoms with E-state index < -0.39 is 10.0 Å². The van der Waals surface area contributed by atoms with Crippen LogP contribution in [0.2, 0.25) is 0 Å². The van der Waals surface area contributed by atoms with E-state index in [4.69, 9.17) is 4.98 Å². The van der Waals surface area contributed by atoms with Gasteiger partial charge in [0.05, 0.1) is 20.8 Å². The molecule has 0 bridgehead atoms. The van der Waals surface area contributed by atoms with Crippen LogP contribution in [0.5, 0.6) is 0 Å².